The van der Waals surface area contributed by atoms with Crippen LogP contribution in [0, 0.1) is 18.3 Å². The van der Waals surface area contributed by atoms with Gasteiger partial charge >= 0.3 is 0 Å². The average molecular weight is 172 g/mol. The van der Waals surface area contributed by atoms with E-state index in [1.807, 2.05) is 13.0 Å². The first-order valence-electron chi connectivity index (χ1n) is 3.93. The highest BCUT2D eigenvalue weighted by molar-refractivity contribution is 5.90. The van der Waals surface area contributed by atoms with E-state index < -0.39 is 0 Å². The summed E-state index contributed by atoms with van der Waals surface area (Å²) in [5, 5.41) is 19.1. The minimum absolute atomic E-state index is 0.191. The molecule has 0 amide bonds. The number of rotatable bonds is 0. The summed E-state index contributed by atoms with van der Waals surface area (Å²) in [5.41, 5.74) is 2.14. The van der Waals surface area contributed by atoms with Gasteiger partial charge in [-0.1, -0.05) is 0 Å². The van der Waals surface area contributed by atoms with Gasteiger partial charge in [0.2, 0.25) is 0 Å². The van der Waals surface area contributed by atoms with E-state index in [0.29, 0.717) is 11.1 Å². The summed E-state index contributed by atoms with van der Waals surface area (Å²) >= 11 is 0. The molecule has 2 N–H and O–H groups in total. The summed E-state index contributed by atoms with van der Waals surface area (Å²) in [7, 11) is 0. The zero-order valence-corrected chi connectivity index (χ0v) is 7.13. The number of H-pyrrole nitrogens is 1. The predicted molar refractivity (Wildman–Crippen MR) is 49.4 cm³/mol. The Balaban J connectivity index is 2.92. The topological polar surface area (TPSA) is 59.8 Å². The summed E-state index contributed by atoms with van der Waals surface area (Å²) in [5.74, 6) is 0.191. The van der Waals surface area contributed by atoms with Crippen molar-refractivity contribution in [3.63, 3.8) is 0 Å². The van der Waals surface area contributed by atoms with Crippen LogP contribution >= 0.6 is 0 Å². The molecule has 0 bridgehead atoms. The van der Waals surface area contributed by atoms with E-state index in [1.165, 1.54) is 0 Å². The summed E-state index contributed by atoms with van der Waals surface area (Å²) in [4.78, 5) is 2.86. The van der Waals surface area contributed by atoms with Crippen molar-refractivity contribution in [1.29, 1.82) is 5.26 Å². The molecule has 64 valence electrons. The monoisotopic (exact) mass is 172 g/mol. The number of benzene rings is 1. The molecule has 0 aliphatic heterocycles. The molecule has 0 aliphatic carbocycles. The molecule has 0 radical (unpaired) electrons. The van der Waals surface area contributed by atoms with Crippen LogP contribution in [0.3, 0.4) is 0 Å². The predicted octanol–water partition coefficient (Wildman–Crippen LogP) is 2.05. The first kappa shape index (κ1) is 7.69. The van der Waals surface area contributed by atoms with Crippen molar-refractivity contribution in [3.8, 4) is 11.8 Å². The second-order valence-electron chi connectivity index (χ2n) is 3.02. The van der Waals surface area contributed by atoms with E-state index >= 15 is 0 Å². The van der Waals surface area contributed by atoms with Gasteiger partial charge in [-0.3, -0.25) is 0 Å². The maximum Gasteiger partial charge on any atom is 0.139 e. The lowest BCUT2D eigenvalue weighted by Crippen LogP contribution is -1.75. The number of aromatic amines is 1. The van der Waals surface area contributed by atoms with E-state index in [4.69, 9.17) is 5.26 Å². The zero-order chi connectivity index (χ0) is 9.42. The van der Waals surface area contributed by atoms with E-state index in [2.05, 4.69) is 11.1 Å². The number of hydrogen-bond acceptors (Lipinski definition) is 2. The number of phenols is 1. The quantitative estimate of drug-likeness (QED) is 0.638. The number of nitriles is 1. The van der Waals surface area contributed by atoms with Gasteiger partial charge in [0, 0.05) is 11.6 Å². The highest BCUT2D eigenvalue weighted by atomic mass is 16.3. The molecule has 3 heteroatoms. The van der Waals surface area contributed by atoms with Gasteiger partial charge in [0.15, 0.2) is 0 Å². The fraction of sp³-hybridized carbons (Fsp3) is 0.100. The van der Waals surface area contributed by atoms with Crippen LogP contribution < -0.4 is 0 Å². The highest BCUT2D eigenvalue weighted by Crippen LogP contribution is 2.27. The van der Waals surface area contributed by atoms with Crippen molar-refractivity contribution in [3.05, 3.63) is 29.5 Å². The number of hydrogen-bond donors (Lipinski definition) is 2. The summed E-state index contributed by atoms with van der Waals surface area (Å²) in [6.45, 7) is 1.88. The third-order valence-corrected chi connectivity index (χ3v) is 2.03. The summed E-state index contributed by atoms with van der Waals surface area (Å²) in [6, 6.07) is 5.61. The fourth-order valence-electron chi connectivity index (χ4n) is 1.45. The maximum absolute atomic E-state index is 9.52. The van der Waals surface area contributed by atoms with Gasteiger partial charge in [0.05, 0.1) is 11.1 Å². The van der Waals surface area contributed by atoms with E-state index in [-0.39, 0.29) is 5.75 Å². The first-order valence-corrected chi connectivity index (χ1v) is 3.93. The molecule has 1 aromatic carbocycles. The Morgan fingerprint density at radius 1 is 1.46 bits per heavy atom. The van der Waals surface area contributed by atoms with Gasteiger partial charge in [0.1, 0.15) is 11.8 Å². The molecular formula is C10H8N2O. The Hall–Kier alpha value is -1.95. The number of aromatic hydroxyl groups is 1. The SMILES string of the molecule is Cc1cc(O)c2[nH]cc(C#N)c2c1. The lowest BCUT2D eigenvalue weighted by atomic mass is 10.1. The van der Waals surface area contributed by atoms with Gasteiger partial charge in [-0.2, -0.15) is 5.26 Å². The lowest BCUT2D eigenvalue weighted by molar-refractivity contribution is 0.480. The molecule has 0 atom stereocenters. The van der Waals surface area contributed by atoms with Crippen LogP contribution in [0.4, 0.5) is 0 Å². The number of fused-ring (bicyclic) bond motifs is 1. The highest BCUT2D eigenvalue weighted by Gasteiger charge is 2.06. The number of phenolic OH excluding ortho intramolecular Hbond substituents is 1. The molecule has 2 aromatic rings. The molecule has 1 aromatic heterocycles. The number of aryl methyl sites for hydroxylation is 1. The molecular weight excluding hydrogens is 164 g/mol. The van der Waals surface area contributed by atoms with Crippen molar-refractivity contribution in [1.82, 2.24) is 4.98 Å². The van der Waals surface area contributed by atoms with Gasteiger partial charge < -0.3 is 10.1 Å². The van der Waals surface area contributed by atoms with Crippen LogP contribution in [0.5, 0.6) is 5.75 Å². The van der Waals surface area contributed by atoms with Gasteiger partial charge in [-0.15, -0.1) is 0 Å². The Bertz CT molecular complexity index is 505. The number of nitrogens with zero attached hydrogens (tertiary/aromatic N) is 1. The van der Waals surface area contributed by atoms with Gasteiger partial charge in [-0.05, 0) is 24.6 Å². The Morgan fingerprint density at radius 2 is 2.23 bits per heavy atom. The lowest BCUT2D eigenvalue weighted by Gasteiger charge is -1.97. The van der Waals surface area contributed by atoms with Gasteiger partial charge in [0.25, 0.3) is 0 Å². The van der Waals surface area contributed by atoms with Crippen molar-refractivity contribution in [2.24, 2.45) is 0 Å². The standard InChI is InChI=1S/C10H8N2O/c1-6-2-8-7(4-11)5-12-10(8)9(13)3-6/h2-3,5,12-13H,1H3. The molecule has 0 spiro atoms. The zero-order valence-electron chi connectivity index (χ0n) is 7.13. The molecule has 0 unspecified atom stereocenters. The molecule has 3 nitrogen and oxygen atoms in total. The summed E-state index contributed by atoms with van der Waals surface area (Å²) < 4.78 is 0. The van der Waals surface area contributed by atoms with Crippen LogP contribution in [0.1, 0.15) is 11.1 Å². The van der Waals surface area contributed by atoms with Crippen molar-refractivity contribution in [2.75, 3.05) is 0 Å². The van der Waals surface area contributed by atoms with Crippen LogP contribution in [0.15, 0.2) is 18.3 Å². The van der Waals surface area contributed by atoms with Gasteiger partial charge in [-0.25, -0.2) is 0 Å². The van der Waals surface area contributed by atoms with Crippen LogP contribution in [0.25, 0.3) is 10.9 Å². The number of nitrogens with one attached hydrogen (secondary N) is 1. The Labute approximate surface area is 75.2 Å². The molecule has 13 heavy (non-hydrogen) atoms. The first-order chi connectivity index (χ1) is 6.22. The van der Waals surface area contributed by atoms with Crippen molar-refractivity contribution >= 4 is 10.9 Å². The van der Waals surface area contributed by atoms with E-state index in [0.717, 1.165) is 10.9 Å². The molecule has 1 heterocycles. The fourth-order valence-corrected chi connectivity index (χ4v) is 1.45. The molecule has 0 saturated carbocycles. The van der Waals surface area contributed by atoms with Crippen molar-refractivity contribution < 1.29 is 5.11 Å². The third kappa shape index (κ3) is 1.04. The largest absolute Gasteiger partial charge is 0.506 e. The smallest absolute Gasteiger partial charge is 0.139 e. The number of aromatic nitrogens is 1. The molecule has 2 rings (SSSR count). The molecule has 0 aliphatic rings. The normalized spacial score (nSPS) is 10.2. The van der Waals surface area contributed by atoms with E-state index in [9.17, 15) is 5.11 Å². The van der Waals surface area contributed by atoms with E-state index in [1.54, 1.807) is 12.3 Å². The summed E-state index contributed by atoms with van der Waals surface area (Å²) in [6.07, 6.45) is 1.60. The average Bonchev–Trinajstić information content (AvgIpc) is 2.47. The van der Waals surface area contributed by atoms with Crippen LogP contribution in [-0.4, -0.2) is 10.1 Å². The minimum Gasteiger partial charge on any atom is -0.506 e. The van der Waals surface area contributed by atoms with Crippen molar-refractivity contribution in [2.45, 2.75) is 6.92 Å². The molecule has 0 fully saturated rings. The minimum atomic E-state index is 0.191. The Kier molecular flexibility index (Phi) is 1.49. The van der Waals surface area contributed by atoms with Crippen LogP contribution in [0.2, 0.25) is 0 Å². The maximum atomic E-state index is 9.52. The molecule has 0 saturated heterocycles. The van der Waals surface area contributed by atoms with Crippen LogP contribution in [-0.2, 0) is 0 Å². The Morgan fingerprint density at radius 3 is 2.92 bits per heavy atom. The third-order valence-electron chi connectivity index (χ3n) is 2.03. The second-order valence-corrected chi connectivity index (χ2v) is 3.02. The second kappa shape index (κ2) is 2.53.